The first kappa shape index (κ1) is 20.4. The van der Waals surface area contributed by atoms with Gasteiger partial charge in [0.2, 0.25) is 0 Å². The molecule has 152 valence electrons. The van der Waals surface area contributed by atoms with Gasteiger partial charge in [-0.1, -0.05) is 25.5 Å². The molecule has 2 heterocycles. The molecule has 1 aromatic heterocycles. The first-order valence-corrected chi connectivity index (χ1v) is 10.3. The van der Waals surface area contributed by atoms with Crippen LogP contribution in [0.15, 0.2) is 30.6 Å². The van der Waals surface area contributed by atoms with E-state index in [9.17, 15) is 0 Å². The van der Waals surface area contributed by atoms with Crippen molar-refractivity contribution in [3.8, 4) is 0 Å². The van der Waals surface area contributed by atoms with Crippen LogP contribution in [0.25, 0.3) is 0 Å². The lowest BCUT2D eigenvalue weighted by Gasteiger charge is -2.26. The van der Waals surface area contributed by atoms with Gasteiger partial charge in [0.1, 0.15) is 12.0 Å². The summed E-state index contributed by atoms with van der Waals surface area (Å²) in [5, 5.41) is 6.64. The zero-order chi connectivity index (χ0) is 19.6. The van der Waals surface area contributed by atoms with Crippen LogP contribution >= 0.6 is 0 Å². The molecule has 7 nitrogen and oxygen atoms in total. The number of aromatic nitrogens is 2. The Kier molecular flexibility index (Phi) is 7.87. The molecule has 0 saturated carbocycles. The Bertz CT molecular complexity index is 715. The van der Waals surface area contributed by atoms with Crippen molar-refractivity contribution in [2.45, 2.75) is 32.6 Å². The fraction of sp³-hybridized carbons (Fsp3) is 0.524. The molecule has 28 heavy (non-hydrogen) atoms. The highest BCUT2D eigenvalue weighted by Crippen LogP contribution is 2.26. The van der Waals surface area contributed by atoms with Gasteiger partial charge < -0.3 is 21.1 Å². The van der Waals surface area contributed by atoms with Gasteiger partial charge >= 0.3 is 0 Å². The summed E-state index contributed by atoms with van der Waals surface area (Å²) < 4.78 is 5.38. The molecule has 3 rings (SSSR count). The van der Waals surface area contributed by atoms with Crippen LogP contribution in [0.3, 0.4) is 0 Å². The van der Waals surface area contributed by atoms with Gasteiger partial charge in [-0.3, -0.25) is 4.90 Å². The first-order chi connectivity index (χ1) is 13.8. The number of aryl methyl sites for hydroxylation is 1. The number of hydrogen-bond acceptors (Lipinski definition) is 7. The number of benzene rings is 1. The van der Waals surface area contributed by atoms with Crippen LogP contribution < -0.4 is 16.4 Å². The van der Waals surface area contributed by atoms with Crippen molar-refractivity contribution >= 4 is 23.0 Å². The van der Waals surface area contributed by atoms with Crippen LogP contribution in [0, 0.1) is 0 Å². The van der Waals surface area contributed by atoms with E-state index in [4.69, 9.17) is 10.5 Å². The van der Waals surface area contributed by atoms with Crippen LogP contribution in [-0.2, 0) is 11.2 Å². The Labute approximate surface area is 167 Å². The Morgan fingerprint density at radius 1 is 1.07 bits per heavy atom. The third kappa shape index (κ3) is 6.07. The van der Waals surface area contributed by atoms with E-state index >= 15 is 0 Å². The van der Waals surface area contributed by atoms with Gasteiger partial charge in [-0.25, -0.2) is 9.97 Å². The molecule has 0 bridgehead atoms. The third-order valence-electron chi connectivity index (χ3n) is 4.97. The first-order valence-electron chi connectivity index (χ1n) is 10.3. The SMILES string of the molecule is CCCCc1ccc(Nc2ncnc(NCCCN3CCOCC3)c2N)cc1. The molecule has 1 aromatic carbocycles. The Hall–Kier alpha value is -2.38. The number of nitrogens with one attached hydrogen (secondary N) is 2. The predicted octanol–water partition coefficient (Wildman–Crippen LogP) is 3.28. The maximum absolute atomic E-state index is 6.27. The summed E-state index contributed by atoms with van der Waals surface area (Å²) in [4.78, 5) is 11.0. The largest absolute Gasteiger partial charge is 0.393 e. The fourth-order valence-electron chi connectivity index (χ4n) is 3.24. The molecule has 0 aliphatic carbocycles. The zero-order valence-electron chi connectivity index (χ0n) is 16.8. The molecule has 1 saturated heterocycles. The molecule has 1 aliphatic heterocycles. The fourth-order valence-corrected chi connectivity index (χ4v) is 3.24. The van der Waals surface area contributed by atoms with Crippen LogP contribution in [-0.4, -0.2) is 54.3 Å². The Balaban J connectivity index is 1.50. The highest BCUT2D eigenvalue weighted by atomic mass is 16.5. The monoisotopic (exact) mass is 384 g/mol. The standard InChI is InChI=1S/C21H32N6O/c1-2-3-5-17-6-8-18(9-7-17)26-21-19(22)20(24-16-25-21)23-10-4-11-27-12-14-28-15-13-27/h6-9,16H,2-5,10-15,22H2,1H3,(H2,23,24,25,26). The van der Waals surface area contributed by atoms with Gasteiger partial charge in [-0.05, 0) is 43.5 Å². The van der Waals surface area contributed by atoms with E-state index in [1.807, 2.05) is 0 Å². The summed E-state index contributed by atoms with van der Waals surface area (Å²) in [6, 6.07) is 8.45. The lowest BCUT2D eigenvalue weighted by Crippen LogP contribution is -2.37. The maximum Gasteiger partial charge on any atom is 0.159 e. The van der Waals surface area contributed by atoms with E-state index in [0.717, 1.165) is 57.9 Å². The quantitative estimate of drug-likeness (QED) is 0.542. The minimum absolute atomic E-state index is 0.545. The van der Waals surface area contributed by atoms with E-state index in [1.165, 1.54) is 18.4 Å². The minimum Gasteiger partial charge on any atom is -0.393 e. The van der Waals surface area contributed by atoms with E-state index < -0.39 is 0 Å². The van der Waals surface area contributed by atoms with Crippen LogP contribution in [0.1, 0.15) is 31.7 Å². The number of nitrogen functional groups attached to an aromatic ring is 1. The molecule has 7 heteroatoms. The van der Waals surface area contributed by atoms with Crippen LogP contribution in [0.4, 0.5) is 23.0 Å². The second-order valence-electron chi connectivity index (χ2n) is 7.14. The Morgan fingerprint density at radius 2 is 1.82 bits per heavy atom. The van der Waals surface area contributed by atoms with Crippen LogP contribution in [0.2, 0.25) is 0 Å². The maximum atomic E-state index is 6.27. The van der Waals surface area contributed by atoms with E-state index in [-0.39, 0.29) is 0 Å². The molecule has 2 aromatic rings. The van der Waals surface area contributed by atoms with Gasteiger partial charge in [0, 0.05) is 25.3 Å². The normalized spacial score (nSPS) is 14.8. The van der Waals surface area contributed by atoms with Crippen molar-refractivity contribution in [1.82, 2.24) is 14.9 Å². The van der Waals surface area contributed by atoms with Crippen molar-refractivity contribution < 1.29 is 4.74 Å². The molecule has 1 fully saturated rings. The second-order valence-corrected chi connectivity index (χ2v) is 7.14. The molecule has 0 amide bonds. The topological polar surface area (TPSA) is 88.3 Å². The minimum atomic E-state index is 0.545. The van der Waals surface area contributed by atoms with Gasteiger partial charge in [-0.15, -0.1) is 0 Å². The van der Waals surface area contributed by atoms with E-state index in [1.54, 1.807) is 6.33 Å². The molecule has 1 aliphatic rings. The van der Waals surface area contributed by atoms with Crippen molar-refractivity contribution in [1.29, 1.82) is 0 Å². The predicted molar refractivity (Wildman–Crippen MR) is 115 cm³/mol. The van der Waals surface area contributed by atoms with Crippen molar-refractivity contribution in [3.05, 3.63) is 36.2 Å². The summed E-state index contributed by atoms with van der Waals surface area (Å²) in [6.45, 7) is 7.78. The van der Waals surface area contributed by atoms with Crippen molar-refractivity contribution in [2.24, 2.45) is 0 Å². The van der Waals surface area contributed by atoms with Gasteiger partial charge in [0.05, 0.1) is 13.2 Å². The highest BCUT2D eigenvalue weighted by molar-refractivity contribution is 5.77. The molecule has 0 radical (unpaired) electrons. The summed E-state index contributed by atoms with van der Waals surface area (Å²) in [6.07, 6.45) is 6.11. The number of unbranched alkanes of at least 4 members (excludes halogenated alkanes) is 1. The van der Waals surface area contributed by atoms with Crippen molar-refractivity contribution in [2.75, 3.05) is 55.8 Å². The average Bonchev–Trinajstić information content (AvgIpc) is 2.74. The summed E-state index contributed by atoms with van der Waals surface area (Å²) >= 11 is 0. The van der Waals surface area contributed by atoms with Gasteiger partial charge in [-0.2, -0.15) is 0 Å². The third-order valence-corrected chi connectivity index (χ3v) is 4.97. The summed E-state index contributed by atoms with van der Waals surface area (Å²) in [5.74, 6) is 1.31. The van der Waals surface area contributed by atoms with E-state index in [0.29, 0.717) is 17.3 Å². The molecule has 0 unspecified atom stereocenters. The van der Waals surface area contributed by atoms with Gasteiger partial charge in [0.25, 0.3) is 0 Å². The zero-order valence-corrected chi connectivity index (χ0v) is 16.8. The van der Waals surface area contributed by atoms with Gasteiger partial charge in [0.15, 0.2) is 11.6 Å². The number of nitrogens with two attached hydrogens (primary N) is 1. The number of rotatable bonds is 10. The Morgan fingerprint density at radius 3 is 2.57 bits per heavy atom. The molecule has 4 N–H and O–H groups in total. The summed E-state index contributed by atoms with van der Waals surface area (Å²) in [7, 11) is 0. The number of ether oxygens (including phenoxy) is 1. The molecule has 0 spiro atoms. The average molecular weight is 385 g/mol. The smallest absolute Gasteiger partial charge is 0.159 e. The number of hydrogen-bond donors (Lipinski definition) is 3. The number of anilines is 4. The lowest BCUT2D eigenvalue weighted by atomic mass is 10.1. The lowest BCUT2D eigenvalue weighted by molar-refractivity contribution is 0.0378. The molecular weight excluding hydrogens is 352 g/mol. The second kappa shape index (κ2) is 10.8. The molecule has 0 atom stereocenters. The number of nitrogens with zero attached hydrogens (tertiary/aromatic N) is 3. The van der Waals surface area contributed by atoms with Crippen molar-refractivity contribution in [3.63, 3.8) is 0 Å². The van der Waals surface area contributed by atoms with Crippen LogP contribution in [0.5, 0.6) is 0 Å². The summed E-state index contributed by atoms with van der Waals surface area (Å²) in [5.41, 5.74) is 9.15. The highest BCUT2D eigenvalue weighted by Gasteiger charge is 2.11. The number of morpholine rings is 1. The molecular formula is C21H32N6O. The van der Waals surface area contributed by atoms with E-state index in [2.05, 4.69) is 56.7 Å².